The van der Waals surface area contributed by atoms with E-state index in [1.165, 1.54) is 12.8 Å². The fourth-order valence-corrected chi connectivity index (χ4v) is 2.35. The number of imidazole rings is 1. The van der Waals surface area contributed by atoms with E-state index >= 15 is 0 Å². The Hall–Kier alpha value is -2.44. The van der Waals surface area contributed by atoms with Gasteiger partial charge in [-0.05, 0) is 18.8 Å². The van der Waals surface area contributed by atoms with Crippen LogP contribution in [0.15, 0.2) is 23.4 Å². The van der Waals surface area contributed by atoms with Gasteiger partial charge in [-0.15, -0.1) is 0 Å². The maximum Gasteiger partial charge on any atom is 0.328 e. The summed E-state index contributed by atoms with van der Waals surface area (Å²) >= 11 is 0. The molecule has 3 heterocycles. The van der Waals surface area contributed by atoms with Crippen molar-refractivity contribution in [1.82, 2.24) is 29.3 Å². The fourth-order valence-electron chi connectivity index (χ4n) is 2.35. The molecular formula is C13H14N6O. The molecule has 0 unspecified atom stereocenters. The van der Waals surface area contributed by atoms with Crippen LogP contribution in [0.25, 0.3) is 22.6 Å². The van der Waals surface area contributed by atoms with Crippen LogP contribution in [0.1, 0.15) is 12.8 Å². The van der Waals surface area contributed by atoms with Gasteiger partial charge in [-0.2, -0.15) is 5.10 Å². The lowest BCUT2D eigenvalue weighted by atomic mass is 10.3. The molecule has 4 rings (SSSR count). The summed E-state index contributed by atoms with van der Waals surface area (Å²) in [6.07, 6.45) is 7.68. The monoisotopic (exact) mass is 270 g/mol. The molecule has 20 heavy (non-hydrogen) atoms. The van der Waals surface area contributed by atoms with E-state index in [-0.39, 0.29) is 5.69 Å². The zero-order valence-corrected chi connectivity index (χ0v) is 11.1. The van der Waals surface area contributed by atoms with Crippen molar-refractivity contribution in [2.45, 2.75) is 19.4 Å². The van der Waals surface area contributed by atoms with Crippen LogP contribution in [0, 0.1) is 5.92 Å². The average Bonchev–Trinajstić information content (AvgIpc) is 3.06. The number of hydrogen-bond donors (Lipinski definition) is 1. The molecule has 7 heteroatoms. The molecule has 1 saturated carbocycles. The summed E-state index contributed by atoms with van der Waals surface area (Å²) in [5, 5.41) is 4.12. The predicted octanol–water partition coefficient (Wildman–Crippen LogP) is 0.930. The van der Waals surface area contributed by atoms with Crippen molar-refractivity contribution in [2.75, 3.05) is 0 Å². The third kappa shape index (κ3) is 1.82. The van der Waals surface area contributed by atoms with Crippen molar-refractivity contribution in [2.24, 2.45) is 13.0 Å². The molecule has 1 N–H and O–H groups in total. The van der Waals surface area contributed by atoms with Crippen LogP contribution in [-0.2, 0) is 13.6 Å². The minimum absolute atomic E-state index is 0.129. The van der Waals surface area contributed by atoms with E-state index in [9.17, 15) is 4.79 Å². The topological polar surface area (TPSA) is 81.4 Å². The molecular weight excluding hydrogens is 256 g/mol. The second kappa shape index (κ2) is 4.03. The van der Waals surface area contributed by atoms with Gasteiger partial charge in [0.1, 0.15) is 0 Å². The summed E-state index contributed by atoms with van der Waals surface area (Å²) in [6.45, 7) is 0.736. The first-order chi connectivity index (χ1) is 9.70. The Kier molecular flexibility index (Phi) is 2.29. The van der Waals surface area contributed by atoms with Gasteiger partial charge < -0.3 is 0 Å². The smallest absolute Gasteiger partial charge is 0.289 e. The highest BCUT2D eigenvalue weighted by molar-refractivity contribution is 5.70. The number of nitrogens with zero attached hydrogens (tertiary/aromatic N) is 5. The number of hydrogen-bond acceptors (Lipinski definition) is 4. The van der Waals surface area contributed by atoms with Crippen molar-refractivity contribution >= 4 is 11.3 Å². The largest absolute Gasteiger partial charge is 0.328 e. The Bertz CT molecular complexity index is 838. The van der Waals surface area contributed by atoms with Gasteiger partial charge in [-0.3, -0.25) is 14.2 Å². The summed E-state index contributed by atoms with van der Waals surface area (Å²) in [6, 6.07) is 0. The first kappa shape index (κ1) is 11.4. The molecule has 0 atom stereocenters. The number of aryl methyl sites for hydroxylation is 1. The number of fused-ring (bicyclic) bond motifs is 1. The lowest BCUT2D eigenvalue weighted by molar-refractivity contribution is 0.620. The van der Waals surface area contributed by atoms with Crippen LogP contribution in [0.5, 0.6) is 0 Å². The van der Waals surface area contributed by atoms with Crippen molar-refractivity contribution in [1.29, 1.82) is 0 Å². The van der Waals surface area contributed by atoms with Crippen molar-refractivity contribution in [3.8, 4) is 11.3 Å². The van der Waals surface area contributed by atoms with Gasteiger partial charge in [0.15, 0.2) is 11.3 Å². The minimum atomic E-state index is -0.129. The maximum absolute atomic E-state index is 12.0. The van der Waals surface area contributed by atoms with Crippen LogP contribution in [-0.4, -0.2) is 29.3 Å². The lowest BCUT2D eigenvalue weighted by Crippen LogP contribution is -2.17. The third-order valence-corrected chi connectivity index (χ3v) is 3.62. The van der Waals surface area contributed by atoms with Gasteiger partial charge in [-0.1, -0.05) is 0 Å². The number of H-pyrrole nitrogens is 1. The molecule has 0 saturated heterocycles. The molecule has 0 spiro atoms. The average molecular weight is 270 g/mol. The maximum atomic E-state index is 12.0. The summed E-state index contributed by atoms with van der Waals surface area (Å²) in [7, 11) is 1.85. The van der Waals surface area contributed by atoms with Gasteiger partial charge in [-0.25, -0.2) is 14.8 Å². The summed E-state index contributed by atoms with van der Waals surface area (Å²) < 4.78 is 3.40. The van der Waals surface area contributed by atoms with Gasteiger partial charge in [0.2, 0.25) is 0 Å². The van der Waals surface area contributed by atoms with Crippen molar-refractivity contribution in [3.05, 3.63) is 29.1 Å². The highest BCUT2D eigenvalue weighted by atomic mass is 16.1. The molecule has 0 aliphatic heterocycles. The van der Waals surface area contributed by atoms with Crippen molar-refractivity contribution < 1.29 is 0 Å². The molecule has 0 radical (unpaired) electrons. The normalized spacial score (nSPS) is 15.1. The van der Waals surface area contributed by atoms with E-state index in [4.69, 9.17) is 0 Å². The first-order valence-electron chi connectivity index (χ1n) is 6.65. The second-order valence-corrected chi connectivity index (χ2v) is 5.31. The standard InChI is InChI=1S/C13H14N6O/c1-18-7-9(4-15-18)10-5-14-12-11(16-10)17-13(20)19(12)6-8-2-3-8/h4-5,7-8H,2-3,6H2,1H3,(H,16,17,20). The predicted molar refractivity (Wildman–Crippen MR) is 73.1 cm³/mol. The van der Waals surface area contributed by atoms with Crippen LogP contribution >= 0.6 is 0 Å². The van der Waals surface area contributed by atoms with Gasteiger partial charge in [0, 0.05) is 25.4 Å². The molecule has 0 bridgehead atoms. The molecule has 3 aromatic heterocycles. The Morgan fingerprint density at radius 2 is 2.25 bits per heavy atom. The highest BCUT2D eigenvalue weighted by Crippen LogP contribution is 2.30. The van der Waals surface area contributed by atoms with Crippen LogP contribution in [0.4, 0.5) is 0 Å². The highest BCUT2D eigenvalue weighted by Gasteiger charge is 2.24. The molecule has 0 amide bonds. The number of aromatic nitrogens is 6. The molecule has 0 aromatic carbocycles. The molecule has 1 aliphatic carbocycles. The summed E-state index contributed by atoms with van der Waals surface area (Å²) in [5.41, 5.74) is 2.64. The van der Waals surface area contributed by atoms with Gasteiger partial charge in [0.05, 0.1) is 18.1 Å². The Labute approximate surface area is 114 Å². The van der Waals surface area contributed by atoms with Crippen molar-refractivity contribution in [3.63, 3.8) is 0 Å². The van der Waals surface area contributed by atoms with Crippen LogP contribution in [0.2, 0.25) is 0 Å². The molecule has 102 valence electrons. The SMILES string of the molecule is Cn1cc(-c2cnc3c(n2)[nH]c(=O)n3CC2CC2)cn1. The number of nitrogens with one attached hydrogen (secondary N) is 1. The van der Waals surface area contributed by atoms with E-state index in [2.05, 4.69) is 20.1 Å². The molecule has 3 aromatic rings. The molecule has 7 nitrogen and oxygen atoms in total. The summed E-state index contributed by atoms with van der Waals surface area (Å²) in [5.74, 6) is 0.617. The minimum Gasteiger partial charge on any atom is -0.289 e. The lowest BCUT2D eigenvalue weighted by Gasteiger charge is -2.00. The Morgan fingerprint density at radius 3 is 2.95 bits per heavy atom. The number of aromatic amines is 1. The van der Waals surface area contributed by atoms with E-state index in [1.54, 1.807) is 21.6 Å². The summed E-state index contributed by atoms with van der Waals surface area (Å²) in [4.78, 5) is 23.6. The quantitative estimate of drug-likeness (QED) is 0.767. The molecule has 1 fully saturated rings. The van der Waals surface area contributed by atoms with Crippen LogP contribution < -0.4 is 5.69 Å². The van der Waals surface area contributed by atoms with E-state index in [0.29, 0.717) is 22.9 Å². The van der Waals surface area contributed by atoms with Crippen LogP contribution in [0.3, 0.4) is 0 Å². The molecule has 1 aliphatic rings. The van der Waals surface area contributed by atoms with E-state index in [0.717, 1.165) is 12.1 Å². The van der Waals surface area contributed by atoms with E-state index < -0.39 is 0 Å². The second-order valence-electron chi connectivity index (χ2n) is 5.31. The number of rotatable bonds is 3. The zero-order chi connectivity index (χ0) is 13.7. The first-order valence-corrected chi connectivity index (χ1v) is 6.65. The fraction of sp³-hybridized carbons (Fsp3) is 0.385. The zero-order valence-electron chi connectivity index (χ0n) is 11.1. The van der Waals surface area contributed by atoms with Gasteiger partial charge >= 0.3 is 5.69 Å². The Morgan fingerprint density at radius 1 is 1.40 bits per heavy atom. The third-order valence-electron chi connectivity index (χ3n) is 3.62. The Balaban J connectivity index is 1.82. The van der Waals surface area contributed by atoms with Gasteiger partial charge in [0.25, 0.3) is 0 Å². The van der Waals surface area contributed by atoms with E-state index in [1.807, 2.05) is 13.2 Å².